The summed E-state index contributed by atoms with van der Waals surface area (Å²) in [5.74, 6) is 1.66. The molecule has 1 aromatic carbocycles. The minimum absolute atomic E-state index is 0.128. The summed E-state index contributed by atoms with van der Waals surface area (Å²) in [6, 6.07) is 0. The van der Waals surface area contributed by atoms with Crippen LogP contribution in [0.3, 0.4) is 0 Å². The van der Waals surface area contributed by atoms with Crippen molar-refractivity contribution in [1.82, 2.24) is 0 Å². The maximum absolute atomic E-state index is 12.6. The average Bonchev–Trinajstić information content (AvgIpc) is 2.59. The average molecular weight is 397 g/mol. The Morgan fingerprint density at radius 3 is 2.14 bits per heavy atom. The van der Waals surface area contributed by atoms with Crippen molar-refractivity contribution in [2.45, 2.75) is 86.4 Å². The fourth-order valence-corrected chi connectivity index (χ4v) is 4.42. The van der Waals surface area contributed by atoms with E-state index in [0.29, 0.717) is 11.1 Å². The molecule has 4 rings (SSSR count). The van der Waals surface area contributed by atoms with E-state index in [9.17, 15) is 4.79 Å². The first-order chi connectivity index (χ1) is 13.2. The van der Waals surface area contributed by atoms with Crippen LogP contribution in [-0.4, -0.2) is 11.2 Å². The Morgan fingerprint density at radius 2 is 1.52 bits per heavy atom. The van der Waals surface area contributed by atoms with Crippen LogP contribution in [0, 0.1) is 19.3 Å². The van der Waals surface area contributed by atoms with Gasteiger partial charge >= 0.3 is 5.63 Å². The van der Waals surface area contributed by atoms with E-state index in [-0.39, 0.29) is 17.0 Å². The van der Waals surface area contributed by atoms with Crippen LogP contribution < -0.4 is 15.1 Å². The van der Waals surface area contributed by atoms with Gasteiger partial charge in [-0.05, 0) is 71.6 Å². The van der Waals surface area contributed by atoms with Crippen molar-refractivity contribution in [2.24, 2.45) is 5.41 Å². The van der Waals surface area contributed by atoms with Gasteiger partial charge in [0.05, 0.1) is 10.9 Å². The maximum Gasteiger partial charge on any atom is 0.339 e. The van der Waals surface area contributed by atoms with E-state index in [1.54, 1.807) is 0 Å². The summed E-state index contributed by atoms with van der Waals surface area (Å²) in [6.07, 6.45) is 2.18. The first kappa shape index (κ1) is 20.1. The van der Waals surface area contributed by atoms with Gasteiger partial charge in [0.15, 0.2) is 0 Å². The first-order valence-electron chi connectivity index (χ1n) is 10.4. The van der Waals surface area contributed by atoms with Crippen LogP contribution >= 0.6 is 0 Å². The molecule has 3 heterocycles. The summed E-state index contributed by atoms with van der Waals surface area (Å²) in [4.78, 5) is 12.6. The van der Waals surface area contributed by atoms with E-state index in [4.69, 9.17) is 13.9 Å². The molecule has 0 bridgehead atoms. The normalized spacial score (nSPS) is 23.5. The zero-order valence-corrected chi connectivity index (χ0v) is 19.3. The number of aryl methyl sites for hydroxylation is 1. The number of rotatable bonds is 0. The lowest BCUT2D eigenvalue weighted by Gasteiger charge is -2.51. The molecule has 4 heteroatoms. The predicted molar refractivity (Wildman–Crippen MR) is 117 cm³/mol. The van der Waals surface area contributed by atoms with Gasteiger partial charge in [-0.2, -0.15) is 0 Å². The Balaban J connectivity index is 2.25. The molecule has 0 aliphatic carbocycles. The molecule has 1 aromatic heterocycles. The molecule has 1 atom stereocenters. The molecule has 1 unspecified atom stereocenters. The van der Waals surface area contributed by atoms with E-state index in [1.807, 2.05) is 13.8 Å². The summed E-state index contributed by atoms with van der Waals surface area (Å²) >= 11 is 0. The summed E-state index contributed by atoms with van der Waals surface area (Å²) in [5.41, 5.74) is 3.90. The van der Waals surface area contributed by atoms with Gasteiger partial charge in [-0.25, -0.2) is 4.79 Å². The lowest BCUT2D eigenvalue weighted by atomic mass is 9.63. The summed E-state index contributed by atoms with van der Waals surface area (Å²) in [5, 5.41) is 0.888. The van der Waals surface area contributed by atoms with Crippen molar-refractivity contribution in [3.05, 3.63) is 38.2 Å². The minimum Gasteiger partial charge on any atom is -0.486 e. The molecule has 156 valence electrons. The van der Waals surface area contributed by atoms with E-state index in [1.165, 1.54) is 0 Å². The van der Waals surface area contributed by atoms with Crippen LogP contribution in [0.4, 0.5) is 0 Å². The molecule has 2 aliphatic heterocycles. The SMILES string of the molecule is CC1=Cc2c3c(c4oc(=O)c(C)c(C)c4c2OC1(C)C)C(C)C(C)(C)C(C)(C)O3. The highest BCUT2D eigenvalue weighted by Gasteiger charge is 2.51. The van der Waals surface area contributed by atoms with Crippen molar-refractivity contribution >= 4 is 17.0 Å². The minimum atomic E-state index is -0.445. The first-order valence-corrected chi connectivity index (χ1v) is 10.4. The van der Waals surface area contributed by atoms with Crippen LogP contribution in [0.25, 0.3) is 17.0 Å². The molecule has 0 amide bonds. The smallest absolute Gasteiger partial charge is 0.339 e. The molecule has 0 saturated carbocycles. The van der Waals surface area contributed by atoms with Crippen molar-refractivity contribution in [2.75, 3.05) is 0 Å². The predicted octanol–water partition coefficient (Wildman–Crippen LogP) is 6.28. The third-order valence-electron chi connectivity index (χ3n) is 7.96. The molecule has 2 aliphatic rings. The van der Waals surface area contributed by atoms with Crippen LogP contribution in [0.2, 0.25) is 0 Å². The van der Waals surface area contributed by atoms with E-state index in [0.717, 1.165) is 39.1 Å². The number of hydrogen-bond acceptors (Lipinski definition) is 4. The zero-order chi connectivity index (χ0) is 21.7. The van der Waals surface area contributed by atoms with Gasteiger partial charge in [0, 0.05) is 16.5 Å². The summed E-state index contributed by atoms with van der Waals surface area (Å²) in [7, 11) is 0. The van der Waals surface area contributed by atoms with Crippen LogP contribution in [0.5, 0.6) is 11.5 Å². The van der Waals surface area contributed by atoms with Crippen LogP contribution in [0.1, 0.15) is 83.6 Å². The Morgan fingerprint density at radius 1 is 0.897 bits per heavy atom. The largest absolute Gasteiger partial charge is 0.486 e. The molecule has 0 spiro atoms. The number of benzene rings is 1. The van der Waals surface area contributed by atoms with Crippen molar-refractivity contribution < 1.29 is 13.9 Å². The van der Waals surface area contributed by atoms with E-state index < -0.39 is 11.2 Å². The number of ether oxygens (including phenoxy) is 2. The van der Waals surface area contributed by atoms with Crippen molar-refractivity contribution in [3.8, 4) is 11.5 Å². The Bertz CT molecular complexity index is 1140. The second-order valence-corrected chi connectivity index (χ2v) is 10.3. The lowest BCUT2D eigenvalue weighted by molar-refractivity contribution is -0.0434. The van der Waals surface area contributed by atoms with Gasteiger partial charge in [0.1, 0.15) is 28.3 Å². The van der Waals surface area contributed by atoms with Gasteiger partial charge in [-0.15, -0.1) is 0 Å². The number of hydrogen-bond donors (Lipinski definition) is 0. The molecule has 0 radical (unpaired) electrons. The highest BCUT2D eigenvalue weighted by molar-refractivity contribution is 5.98. The van der Waals surface area contributed by atoms with Crippen molar-refractivity contribution in [1.29, 1.82) is 0 Å². The molecule has 0 N–H and O–H groups in total. The van der Waals surface area contributed by atoms with Crippen molar-refractivity contribution in [3.63, 3.8) is 0 Å². The standard InChI is InChI=1S/C25H32O4/c1-12-11-16-19(28-24(12,7)8)17-13(2)14(3)22(26)27-21(17)18-15(4)23(5,6)25(9,10)29-20(16)18/h11,15H,1-10H3. The van der Waals surface area contributed by atoms with E-state index in [2.05, 4.69) is 61.5 Å². The Kier molecular flexibility index (Phi) is 3.93. The zero-order valence-electron chi connectivity index (χ0n) is 19.3. The van der Waals surface area contributed by atoms with Gasteiger partial charge in [0.25, 0.3) is 0 Å². The molecule has 4 nitrogen and oxygen atoms in total. The van der Waals surface area contributed by atoms with Crippen LogP contribution in [0.15, 0.2) is 14.8 Å². The summed E-state index contributed by atoms with van der Waals surface area (Å²) in [6.45, 7) is 20.9. The van der Waals surface area contributed by atoms with Crippen LogP contribution in [-0.2, 0) is 0 Å². The molecular formula is C25H32O4. The number of fused-ring (bicyclic) bond motifs is 6. The fourth-order valence-electron chi connectivity index (χ4n) is 4.42. The Labute approximate surface area is 172 Å². The van der Waals surface area contributed by atoms with Gasteiger partial charge in [-0.3, -0.25) is 0 Å². The molecule has 29 heavy (non-hydrogen) atoms. The highest BCUT2D eigenvalue weighted by atomic mass is 16.5. The Hall–Kier alpha value is -2.23. The quantitative estimate of drug-likeness (QED) is 0.491. The third-order valence-corrected chi connectivity index (χ3v) is 7.96. The van der Waals surface area contributed by atoms with Gasteiger partial charge in [-0.1, -0.05) is 20.8 Å². The highest BCUT2D eigenvalue weighted by Crippen LogP contribution is 2.59. The third kappa shape index (κ3) is 2.47. The maximum atomic E-state index is 12.6. The molecule has 2 aromatic rings. The van der Waals surface area contributed by atoms with Gasteiger partial charge < -0.3 is 13.9 Å². The second-order valence-electron chi connectivity index (χ2n) is 10.3. The van der Waals surface area contributed by atoms with Gasteiger partial charge in [0.2, 0.25) is 0 Å². The summed E-state index contributed by atoms with van der Waals surface area (Å²) < 4.78 is 19.1. The molecular weight excluding hydrogens is 364 g/mol. The lowest BCUT2D eigenvalue weighted by Crippen LogP contribution is -2.50. The second kappa shape index (κ2) is 5.68. The molecule has 0 saturated heterocycles. The topological polar surface area (TPSA) is 48.7 Å². The fraction of sp³-hybridized carbons (Fsp3) is 0.560. The van der Waals surface area contributed by atoms with E-state index >= 15 is 0 Å². The monoisotopic (exact) mass is 396 g/mol. The molecule has 0 fully saturated rings.